The molecule has 2 saturated heterocycles. The van der Waals surface area contributed by atoms with Gasteiger partial charge in [0.15, 0.2) is 0 Å². The first-order valence-corrected chi connectivity index (χ1v) is 5.86. The SMILES string of the molecule is CC1CNCC1C(=O)NC1CCOCC1. The number of rotatable bonds is 2. The molecule has 86 valence electrons. The molecule has 2 rings (SSSR count). The Morgan fingerprint density at radius 2 is 2.07 bits per heavy atom. The van der Waals surface area contributed by atoms with Crippen molar-refractivity contribution in [3.05, 3.63) is 0 Å². The molecule has 4 heteroatoms. The molecule has 0 aromatic carbocycles. The van der Waals surface area contributed by atoms with Crippen LogP contribution in [0.4, 0.5) is 0 Å². The minimum absolute atomic E-state index is 0.160. The second-order valence-corrected chi connectivity index (χ2v) is 4.64. The Hall–Kier alpha value is -0.610. The summed E-state index contributed by atoms with van der Waals surface area (Å²) in [6.07, 6.45) is 1.92. The molecule has 2 N–H and O–H groups in total. The zero-order valence-electron chi connectivity index (χ0n) is 9.29. The molecule has 0 radical (unpaired) electrons. The van der Waals surface area contributed by atoms with Gasteiger partial charge in [0.2, 0.25) is 5.91 Å². The molecule has 1 amide bonds. The van der Waals surface area contributed by atoms with E-state index in [1.165, 1.54) is 0 Å². The van der Waals surface area contributed by atoms with Crippen LogP contribution in [-0.2, 0) is 9.53 Å². The topological polar surface area (TPSA) is 50.4 Å². The first-order valence-electron chi connectivity index (χ1n) is 5.86. The van der Waals surface area contributed by atoms with Crippen LogP contribution >= 0.6 is 0 Å². The molecule has 0 bridgehead atoms. The number of carbonyl (C=O) groups excluding carboxylic acids is 1. The summed E-state index contributed by atoms with van der Waals surface area (Å²) in [5.41, 5.74) is 0. The lowest BCUT2D eigenvalue weighted by molar-refractivity contribution is -0.126. The maximum Gasteiger partial charge on any atom is 0.224 e. The molecular weight excluding hydrogens is 192 g/mol. The molecule has 2 aliphatic heterocycles. The van der Waals surface area contributed by atoms with Crippen molar-refractivity contribution in [2.45, 2.75) is 25.8 Å². The predicted molar refractivity (Wildman–Crippen MR) is 57.5 cm³/mol. The molecule has 2 aliphatic rings. The molecule has 2 heterocycles. The van der Waals surface area contributed by atoms with Gasteiger partial charge in [-0.3, -0.25) is 4.79 Å². The molecule has 0 saturated carbocycles. The fraction of sp³-hybridized carbons (Fsp3) is 0.909. The van der Waals surface area contributed by atoms with Gasteiger partial charge >= 0.3 is 0 Å². The van der Waals surface area contributed by atoms with Gasteiger partial charge in [-0.05, 0) is 25.3 Å². The average molecular weight is 212 g/mol. The lowest BCUT2D eigenvalue weighted by Crippen LogP contribution is -2.43. The molecule has 0 aromatic heterocycles. The minimum atomic E-state index is 0.160. The molecule has 0 aliphatic carbocycles. The highest BCUT2D eigenvalue weighted by Gasteiger charge is 2.30. The molecule has 0 aromatic rings. The van der Waals surface area contributed by atoms with E-state index in [9.17, 15) is 4.79 Å². The van der Waals surface area contributed by atoms with Gasteiger partial charge < -0.3 is 15.4 Å². The van der Waals surface area contributed by atoms with Crippen molar-refractivity contribution in [2.75, 3.05) is 26.3 Å². The molecule has 4 nitrogen and oxygen atoms in total. The van der Waals surface area contributed by atoms with E-state index in [0.717, 1.165) is 39.1 Å². The van der Waals surface area contributed by atoms with Gasteiger partial charge in [0.05, 0.1) is 5.92 Å². The van der Waals surface area contributed by atoms with Crippen LogP contribution in [0.1, 0.15) is 19.8 Å². The largest absolute Gasteiger partial charge is 0.381 e. The predicted octanol–water partition coefficient (Wildman–Crippen LogP) is 0.137. The molecule has 2 unspecified atom stereocenters. The third-order valence-electron chi connectivity index (χ3n) is 3.42. The van der Waals surface area contributed by atoms with E-state index in [1.807, 2.05) is 0 Å². The van der Waals surface area contributed by atoms with E-state index in [1.54, 1.807) is 0 Å². The highest BCUT2D eigenvalue weighted by Crippen LogP contribution is 2.17. The zero-order valence-corrected chi connectivity index (χ0v) is 9.29. The van der Waals surface area contributed by atoms with E-state index in [2.05, 4.69) is 17.6 Å². The summed E-state index contributed by atoms with van der Waals surface area (Å²) >= 11 is 0. The zero-order chi connectivity index (χ0) is 10.7. The van der Waals surface area contributed by atoms with Crippen LogP contribution in [-0.4, -0.2) is 38.3 Å². The lowest BCUT2D eigenvalue weighted by atomic mass is 9.96. The van der Waals surface area contributed by atoms with Gasteiger partial charge in [-0.2, -0.15) is 0 Å². The molecule has 2 atom stereocenters. The Kier molecular flexibility index (Phi) is 3.59. The second-order valence-electron chi connectivity index (χ2n) is 4.64. The van der Waals surface area contributed by atoms with Crippen LogP contribution in [0.15, 0.2) is 0 Å². The number of carbonyl (C=O) groups is 1. The summed E-state index contributed by atoms with van der Waals surface area (Å²) < 4.78 is 5.26. The summed E-state index contributed by atoms with van der Waals surface area (Å²) in [6, 6.07) is 0.332. The smallest absolute Gasteiger partial charge is 0.224 e. The van der Waals surface area contributed by atoms with Crippen LogP contribution < -0.4 is 10.6 Å². The first kappa shape index (κ1) is 10.9. The number of nitrogens with one attached hydrogen (secondary N) is 2. The minimum Gasteiger partial charge on any atom is -0.381 e. The quantitative estimate of drug-likeness (QED) is 0.684. The van der Waals surface area contributed by atoms with Crippen LogP contribution in [0.3, 0.4) is 0 Å². The summed E-state index contributed by atoms with van der Waals surface area (Å²) in [6.45, 7) is 5.49. The van der Waals surface area contributed by atoms with Gasteiger partial charge in [-0.15, -0.1) is 0 Å². The van der Waals surface area contributed by atoms with Crippen molar-refractivity contribution in [3.63, 3.8) is 0 Å². The summed E-state index contributed by atoms with van der Waals surface area (Å²) in [5.74, 6) is 0.845. The van der Waals surface area contributed by atoms with Gasteiger partial charge in [0.25, 0.3) is 0 Å². The third-order valence-corrected chi connectivity index (χ3v) is 3.42. The first-order chi connectivity index (χ1) is 7.27. The van der Waals surface area contributed by atoms with E-state index < -0.39 is 0 Å². The Balaban J connectivity index is 1.80. The fourth-order valence-corrected chi connectivity index (χ4v) is 2.31. The van der Waals surface area contributed by atoms with E-state index in [4.69, 9.17) is 4.74 Å². The summed E-state index contributed by atoms with van der Waals surface area (Å²) in [5, 5.41) is 6.39. The third kappa shape index (κ3) is 2.69. The molecular formula is C11H20N2O2. The van der Waals surface area contributed by atoms with Crippen molar-refractivity contribution in [3.8, 4) is 0 Å². The van der Waals surface area contributed by atoms with Crippen molar-refractivity contribution >= 4 is 5.91 Å². The van der Waals surface area contributed by atoms with Crippen molar-refractivity contribution in [1.29, 1.82) is 0 Å². The second kappa shape index (κ2) is 4.94. The Bertz CT molecular complexity index is 227. The number of hydrogen-bond acceptors (Lipinski definition) is 3. The highest BCUT2D eigenvalue weighted by atomic mass is 16.5. The van der Waals surface area contributed by atoms with Crippen molar-refractivity contribution < 1.29 is 9.53 Å². The van der Waals surface area contributed by atoms with Crippen molar-refractivity contribution in [1.82, 2.24) is 10.6 Å². The highest BCUT2D eigenvalue weighted by molar-refractivity contribution is 5.79. The Morgan fingerprint density at radius 3 is 2.67 bits per heavy atom. The molecule has 2 fully saturated rings. The van der Waals surface area contributed by atoms with Crippen LogP contribution in [0.2, 0.25) is 0 Å². The fourth-order valence-electron chi connectivity index (χ4n) is 2.31. The maximum atomic E-state index is 11.9. The standard InChI is InChI=1S/C11H20N2O2/c1-8-6-12-7-10(8)11(14)13-9-2-4-15-5-3-9/h8-10,12H,2-7H2,1H3,(H,13,14). The molecule has 15 heavy (non-hydrogen) atoms. The Morgan fingerprint density at radius 1 is 1.33 bits per heavy atom. The number of amides is 1. The van der Waals surface area contributed by atoms with Crippen LogP contribution in [0.5, 0.6) is 0 Å². The normalized spacial score (nSPS) is 32.9. The van der Waals surface area contributed by atoms with Gasteiger partial charge in [-0.1, -0.05) is 6.92 Å². The van der Waals surface area contributed by atoms with E-state index >= 15 is 0 Å². The maximum absolute atomic E-state index is 11.9. The van der Waals surface area contributed by atoms with Crippen LogP contribution in [0.25, 0.3) is 0 Å². The summed E-state index contributed by atoms with van der Waals surface area (Å²) in [4.78, 5) is 11.9. The monoisotopic (exact) mass is 212 g/mol. The number of ether oxygens (including phenoxy) is 1. The average Bonchev–Trinajstić information content (AvgIpc) is 2.66. The van der Waals surface area contributed by atoms with E-state index in [-0.39, 0.29) is 11.8 Å². The Labute approximate surface area is 90.8 Å². The lowest BCUT2D eigenvalue weighted by Gasteiger charge is -2.25. The number of hydrogen-bond donors (Lipinski definition) is 2. The summed E-state index contributed by atoms with van der Waals surface area (Å²) in [7, 11) is 0. The van der Waals surface area contributed by atoms with Gasteiger partial charge in [0, 0.05) is 25.8 Å². The van der Waals surface area contributed by atoms with Gasteiger partial charge in [-0.25, -0.2) is 0 Å². The van der Waals surface area contributed by atoms with Crippen LogP contribution in [0, 0.1) is 11.8 Å². The van der Waals surface area contributed by atoms with E-state index in [0.29, 0.717) is 12.0 Å². The van der Waals surface area contributed by atoms with Gasteiger partial charge in [0.1, 0.15) is 0 Å². The molecule has 0 spiro atoms. The van der Waals surface area contributed by atoms with Crippen molar-refractivity contribution in [2.24, 2.45) is 11.8 Å².